The summed E-state index contributed by atoms with van der Waals surface area (Å²) in [4.78, 5) is 12.1. The van der Waals surface area contributed by atoms with Crippen LogP contribution >= 0.6 is 0 Å². The van der Waals surface area contributed by atoms with Gasteiger partial charge in [-0.15, -0.1) is 0 Å². The number of anilines is 1. The largest absolute Gasteiger partial charge is 0.391 e. The first-order valence-corrected chi connectivity index (χ1v) is 8.29. The first-order valence-electron chi connectivity index (χ1n) is 8.29. The molecule has 0 aliphatic carbocycles. The van der Waals surface area contributed by atoms with Crippen LogP contribution in [-0.4, -0.2) is 29.7 Å². The first-order chi connectivity index (χ1) is 11.5. The molecule has 2 aromatic rings. The van der Waals surface area contributed by atoms with Gasteiger partial charge in [0.2, 0.25) is 5.91 Å². The van der Waals surface area contributed by atoms with Crippen molar-refractivity contribution < 1.29 is 9.90 Å². The monoisotopic (exact) mass is 326 g/mol. The molecule has 0 fully saturated rings. The first kappa shape index (κ1) is 18.0. The van der Waals surface area contributed by atoms with Crippen molar-refractivity contribution in [2.24, 2.45) is 0 Å². The predicted molar refractivity (Wildman–Crippen MR) is 98.2 cm³/mol. The second kappa shape index (κ2) is 8.50. The third kappa shape index (κ3) is 5.10. The third-order valence-corrected chi connectivity index (χ3v) is 4.16. The maximum absolute atomic E-state index is 12.1. The molecule has 0 aliphatic heterocycles. The van der Waals surface area contributed by atoms with Gasteiger partial charge in [-0.25, -0.2) is 0 Å². The molecule has 24 heavy (non-hydrogen) atoms. The zero-order chi connectivity index (χ0) is 17.5. The number of para-hydroxylation sites is 1. The molecule has 0 saturated carbocycles. The van der Waals surface area contributed by atoms with E-state index >= 15 is 0 Å². The van der Waals surface area contributed by atoms with Gasteiger partial charge in [0.1, 0.15) is 0 Å². The van der Waals surface area contributed by atoms with Crippen LogP contribution in [0.1, 0.15) is 23.6 Å². The fourth-order valence-electron chi connectivity index (χ4n) is 2.70. The molecule has 4 nitrogen and oxygen atoms in total. The lowest BCUT2D eigenvalue weighted by molar-refractivity contribution is -0.120. The fraction of sp³-hybridized carbons (Fsp3) is 0.350. The number of aryl methyl sites for hydroxylation is 2. The van der Waals surface area contributed by atoms with Crippen LogP contribution in [0.4, 0.5) is 5.69 Å². The summed E-state index contributed by atoms with van der Waals surface area (Å²) in [6.45, 7) is 6.04. The van der Waals surface area contributed by atoms with E-state index in [-0.39, 0.29) is 18.5 Å². The highest BCUT2D eigenvalue weighted by molar-refractivity contribution is 5.81. The molecule has 4 heteroatoms. The Morgan fingerprint density at radius 3 is 2.29 bits per heavy atom. The molecule has 128 valence electrons. The average Bonchev–Trinajstić information content (AvgIpc) is 2.55. The lowest BCUT2D eigenvalue weighted by Gasteiger charge is -2.21. The Balaban J connectivity index is 1.83. The van der Waals surface area contributed by atoms with Crippen LogP contribution < -0.4 is 10.6 Å². The number of hydrogen-bond donors (Lipinski definition) is 3. The Hall–Kier alpha value is -2.33. The number of amides is 1. The zero-order valence-corrected chi connectivity index (χ0v) is 14.5. The van der Waals surface area contributed by atoms with Crippen molar-refractivity contribution in [1.82, 2.24) is 5.32 Å². The van der Waals surface area contributed by atoms with Gasteiger partial charge < -0.3 is 15.7 Å². The summed E-state index contributed by atoms with van der Waals surface area (Å²) in [7, 11) is 0. The SMILES string of the molecule is Cc1cccc(C)c1NCC(=O)NC(C)C(O)Cc1ccccc1. The number of benzene rings is 2. The van der Waals surface area contributed by atoms with Crippen molar-refractivity contribution in [3.63, 3.8) is 0 Å². The van der Waals surface area contributed by atoms with Crippen molar-refractivity contribution in [2.45, 2.75) is 39.3 Å². The Kier molecular flexibility index (Phi) is 6.38. The Morgan fingerprint density at radius 2 is 1.67 bits per heavy atom. The highest BCUT2D eigenvalue weighted by atomic mass is 16.3. The minimum absolute atomic E-state index is 0.128. The molecule has 0 bridgehead atoms. The van der Waals surface area contributed by atoms with E-state index in [1.165, 1.54) is 0 Å². The number of aliphatic hydroxyl groups excluding tert-OH is 1. The van der Waals surface area contributed by atoms with Gasteiger partial charge in [-0.1, -0.05) is 48.5 Å². The van der Waals surface area contributed by atoms with E-state index in [2.05, 4.69) is 10.6 Å². The lowest BCUT2D eigenvalue weighted by Crippen LogP contribution is -2.44. The standard InChI is InChI=1S/C20H26N2O2/c1-14-8-7-9-15(2)20(14)21-13-19(24)22-16(3)18(23)12-17-10-5-4-6-11-17/h4-11,16,18,21,23H,12-13H2,1-3H3,(H,22,24). The Morgan fingerprint density at radius 1 is 1.04 bits per heavy atom. The van der Waals surface area contributed by atoms with Crippen LogP contribution in [0.25, 0.3) is 0 Å². The van der Waals surface area contributed by atoms with Crippen LogP contribution in [0.2, 0.25) is 0 Å². The molecule has 2 rings (SSSR count). The van der Waals surface area contributed by atoms with Crippen LogP contribution in [0.15, 0.2) is 48.5 Å². The van der Waals surface area contributed by atoms with Crippen LogP contribution in [0, 0.1) is 13.8 Å². The molecule has 0 spiro atoms. The number of carbonyl (C=O) groups excluding carboxylic acids is 1. The molecular formula is C20H26N2O2. The predicted octanol–water partition coefficient (Wildman–Crippen LogP) is 2.82. The maximum atomic E-state index is 12.1. The summed E-state index contributed by atoms with van der Waals surface area (Å²) in [5, 5.41) is 16.3. The third-order valence-electron chi connectivity index (χ3n) is 4.16. The normalized spacial score (nSPS) is 13.2. The number of aliphatic hydroxyl groups is 1. The van der Waals surface area contributed by atoms with Gasteiger partial charge in [0.25, 0.3) is 0 Å². The summed E-state index contributed by atoms with van der Waals surface area (Å²) in [6.07, 6.45) is -0.0939. The van der Waals surface area contributed by atoms with Crippen molar-refractivity contribution in [2.75, 3.05) is 11.9 Å². The number of rotatable bonds is 7. The average molecular weight is 326 g/mol. The number of carbonyl (C=O) groups is 1. The van der Waals surface area contributed by atoms with Gasteiger partial charge in [0.15, 0.2) is 0 Å². The molecular weight excluding hydrogens is 300 g/mol. The molecule has 0 heterocycles. The maximum Gasteiger partial charge on any atom is 0.239 e. The molecule has 2 aromatic carbocycles. The molecule has 0 aliphatic rings. The summed E-state index contributed by atoms with van der Waals surface area (Å²) in [5.41, 5.74) is 4.27. The summed E-state index contributed by atoms with van der Waals surface area (Å²) in [6, 6.07) is 15.5. The number of nitrogens with one attached hydrogen (secondary N) is 2. The second-order valence-electron chi connectivity index (χ2n) is 6.23. The van der Waals surface area contributed by atoms with E-state index in [1.807, 2.05) is 69.3 Å². The molecule has 3 N–H and O–H groups in total. The van der Waals surface area contributed by atoms with Gasteiger partial charge in [-0.3, -0.25) is 4.79 Å². The van der Waals surface area contributed by atoms with E-state index in [0.717, 1.165) is 22.4 Å². The lowest BCUT2D eigenvalue weighted by atomic mass is 10.0. The Labute approximate surface area is 143 Å². The Bertz CT molecular complexity index is 650. The van der Waals surface area contributed by atoms with Gasteiger partial charge in [0.05, 0.1) is 18.7 Å². The second-order valence-corrected chi connectivity index (χ2v) is 6.23. The zero-order valence-electron chi connectivity index (χ0n) is 14.5. The molecule has 0 saturated heterocycles. The highest BCUT2D eigenvalue weighted by Gasteiger charge is 2.17. The highest BCUT2D eigenvalue weighted by Crippen LogP contribution is 2.18. The van der Waals surface area contributed by atoms with Crippen molar-refractivity contribution in [3.05, 3.63) is 65.2 Å². The minimum Gasteiger partial charge on any atom is -0.391 e. The van der Waals surface area contributed by atoms with Gasteiger partial charge >= 0.3 is 0 Å². The molecule has 2 unspecified atom stereocenters. The molecule has 1 amide bonds. The van der Waals surface area contributed by atoms with E-state index < -0.39 is 6.10 Å². The molecule has 0 radical (unpaired) electrons. The van der Waals surface area contributed by atoms with Gasteiger partial charge in [0, 0.05) is 12.1 Å². The minimum atomic E-state index is -0.614. The van der Waals surface area contributed by atoms with Crippen LogP contribution in [0.3, 0.4) is 0 Å². The van der Waals surface area contributed by atoms with E-state index in [1.54, 1.807) is 0 Å². The number of hydrogen-bond acceptors (Lipinski definition) is 3. The van der Waals surface area contributed by atoms with E-state index in [4.69, 9.17) is 0 Å². The smallest absolute Gasteiger partial charge is 0.239 e. The van der Waals surface area contributed by atoms with Gasteiger partial charge in [-0.2, -0.15) is 0 Å². The fourth-order valence-corrected chi connectivity index (χ4v) is 2.70. The van der Waals surface area contributed by atoms with Crippen molar-refractivity contribution >= 4 is 11.6 Å². The van der Waals surface area contributed by atoms with Crippen LogP contribution in [0.5, 0.6) is 0 Å². The van der Waals surface area contributed by atoms with Crippen LogP contribution in [-0.2, 0) is 11.2 Å². The summed E-state index contributed by atoms with van der Waals surface area (Å²) < 4.78 is 0. The quantitative estimate of drug-likeness (QED) is 0.733. The summed E-state index contributed by atoms with van der Waals surface area (Å²) >= 11 is 0. The van der Waals surface area contributed by atoms with E-state index in [0.29, 0.717) is 6.42 Å². The van der Waals surface area contributed by atoms with E-state index in [9.17, 15) is 9.90 Å². The van der Waals surface area contributed by atoms with Crippen molar-refractivity contribution in [1.29, 1.82) is 0 Å². The van der Waals surface area contributed by atoms with Gasteiger partial charge in [-0.05, 0) is 37.5 Å². The molecule has 2 atom stereocenters. The van der Waals surface area contributed by atoms with Crippen molar-refractivity contribution in [3.8, 4) is 0 Å². The summed E-state index contributed by atoms with van der Waals surface area (Å²) in [5.74, 6) is -0.128. The topological polar surface area (TPSA) is 61.4 Å². The molecule has 0 aromatic heterocycles.